The van der Waals surface area contributed by atoms with E-state index in [1.807, 2.05) is 0 Å². The molecule has 15 N–H and O–H groups in total. The number of anilines is 3. The van der Waals surface area contributed by atoms with E-state index in [0.29, 0.717) is 0 Å². The standard InChI is InChI=1S/C50H62N19O30P5/c1-20-8-65(49(74)63-45(20)71)32-3-22(70)27(91-32)11-87-101(78,79)98-25-6-34(67-17-58-37-40(51)54-15-56-42(37)67)94-30(25)14-90-103(82,83)97-24-4-33(66-9-21(2)46(72)64-50(66)75)93-29(24)12-88-104(84,85)99-26-7-35(68-18-59-38-41(52)55-16-57-43(38)68)95-31(26)13-89-102(80,81)96-23-5-36(92-28(23)10-86-100(76)77)69-19-60-39-44(69)61-48(53)62-47(39)73/h8-9,15-19,22-36,70H,3-7,10-14H2,1-2H3,(H13-,51,52,53,54,55,56,57,61,62,63,64,71,72,73,74,75,76,77,78,79,80,81,82,83,84,85)/p+1/t22-,23-,24-,25-,26-,27+,28+,29+,30+,31+,32+,33+,34+,35+,36+/m0/s1. The number of phosphoric ester groups is 4. The Morgan fingerprint density at radius 1 is 0.481 bits per heavy atom. The SMILES string of the molecule is Cc1cn([C@H]2C[C@H](OP(=O)(O)OC[C@H]3O[C@@H](n4cnc5c(N)ncnc54)C[C@@H]3OP(=O)(O)OC[C@H]3O[C@@H](n4cc(C)c(=O)[nH]c4=O)C[C@@H]3O)[C@@H](COP(=O)(O)O[C@H]3C[C@H](n4cnc5c(N)ncnc54)O[C@@H]3COP(=O)(O)O[C@H]3C[C@H](n4cnc5c(=O)[nH]c(N)nc54)O[C@@H]3CO[P+](=O)O)O2)c(=O)[nH]c1=O. The second kappa shape index (κ2) is 29.6. The van der Waals surface area contributed by atoms with Crippen molar-refractivity contribution in [3.05, 3.63) is 107 Å². The summed E-state index contributed by atoms with van der Waals surface area (Å²) in [5.41, 5.74) is 14.1. The number of aliphatic hydroxyl groups excluding tert-OH is 1. The Morgan fingerprint density at radius 2 is 0.827 bits per heavy atom. The van der Waals surface area contributed by atoms with Crippen LogP contribution in [0.25, 0.3) is 33.5 Å². The summed E-state index contributed by atoms with van der Waals surface area (Å²) in [6.45, 7) is -1.79. The average Bonchev–Trinajstić information content (AvgIpc) is 1.64. The number of aromatic amines is 3. The molecule has 0 aromatic carbocycles. The molecule has 13 rings (SSSR count). The summed E-state index contributed by atoms with van der Waals surface area (Å²) >= 11 is 0. The summed E-state index contributed by atoms with van der Waals surface area (Å²) in [5.74, 6) is -0.376. The maximum absolute atomic E-state index is 14.3. The van der Waals surface area contributed by atoms with Gasteiger partial charge in [-0.2, -0.15) is 4.98 Å². The van der Waals surface area contributed by atoms with E-state index in [1.54, 1.807) is 0 Å². The lowest BCUT2D eigenvalue weighted by Gasteiger charge is -2.25. The fraction of sp³-hybridized carbons (Fsp3) is 0.540. The number of rotatable bonds is 28. The van der Waals surface area contributed by atoms with Gasteiger partial charge in [0.2, 0.25) is 5.95 Å². The van der Waals surface area contributed by atoms with E-state index in [9.17, 15) is 76.4 Å². The summed E-state index contributed by atoms with van der Waals surface area (Å²) in [5, 5.41) is 10.8. The Bertz CT molecular complexity index is 5110. The molecule has 0 aliphatic carbocycles. The molecule has 0 amide bonds. The van der Waals surface area contributed by atoms with E-state index in [0.717, 1.165) is 34.3 Å². The number of aryl methyl sites for hydroxylation is 2. The number of imidazole rings is 3. The number of nitrogens with one attached hydrogen (secondary N) is 3. The average molecular weight is 1570 g/mol. The van der Waals surface area contributed by atoms with Crippen molar-refractivity contribution in [1.82, 2.24) is 77.7 Å². The minimum atomic E-state index is -5.53. The van der Waals surface area contributed by atoms with E-state index < -0.39 is 206 Å². The lowest BCUT2D eigenvalue weighted by Crippen LogP contribution is -2.33. The molecular weight excluding hydrogens is 1500 g/mol. The zero-order valence-electron chi connectivity index (χ0n) is 53.5. The number of ether oxygens (including phenoxy) is 5. The predicted octanol–water partition coefficient (Wildman–Crippen LogP) is -1.26. The molecule has 0 radical (unpaired) electrons. The smallest absolute Gasteiger partial charge is 0.390 e. The van der Waals surface area contributed by atoms with Gasteiger partial charge in [0.25, 0.3) is 16.7 Å². The monoisotopic (exact) mass is 1560 g/mol. The lowest BCUT2D eigenvalue weighted by atomic mass is 10.2. The van der Waals surface area contributed by atoms with Gasteiger partial charge in [0, 0.05) is 60.2 Å². The second-order valence-electron chi connectivity index (χ2n) is 24.0. The molecule has 54 heteroatoms. The fourth-order valence-corrected chi connectivity index (χ4v) is 16.2. The van der Waals surface area contributed by atoms with Gasteiger partial charge in [-0.1, -0.05) is 0 Å². The summed E-state index contributed by atoms with van der Waals surface area (Å²) in [7, 11) is -24.9. The first kappa shape index (κ1) is 74.7. The van der Waals surface area contributed by atoms with Crippen molar-refractivity contribution in [2.45, 2.75) is 138 Å². The molecule has 5 aliphatic rings. The number of nitrogens with zero attached hydrogens (tertiary/aromatic N) is 13. The van der Waals surface area contributed by atoms with E-state index in [1.165, 1.54) is 46.4 Å². The molecule has 5 saturated heterocycles. The van der Waals surface area contributed by atoms with Crippen LogP contribution in [0.3, 0.4) is 0 Å². The van der Waals surface area contributed by atoms with Gasteiger partial charge in [0.15, 0.2) is 34.1 Å². The highest BCUT2D eigenvalue weighted by atomic mass is 31.2. The van der Waals surface area contributed by atoms with Gasteiger partial charge in [-0.15, -0.1) is 9.42 Å². The molecule has 8 aromatic heterocycles. The number of hydrogen-bond acceptors (Lipinski definition) is 36. The zero-order valence-corrected chi connectivity index (χ0v) is 58.0. The van der Waals surface area contributed by atoms with Crippen molar-refractivity contribution in [2.75, 3.05) is 50.2 Å². The summed E-state index contributed by atoms with van der Waals surface area (Å²) in [6, 6.07) is 0. The number of nitrogen functional groups attached to an aromatic ring is 3. The van der Waals surface area contributed by atoms with E-state index in [-0.39, 0.29) is 81.5 Å². The topological polar surface area (TPSA) is 675 Å². The Morgan fingerprint density at radius 3 is 1.23 bits per heavy atom. The molecule has 0 bridgehead atoms. The van der Waals surface area contributed by atoms with Crippen LogP contribution in [-0.4, -0.2) is 201 Å². The predicted molar refractivity (Wildman–Crippen MR) is 341 cm³/mol. The van der Waals surface area contributed by atoms with Gasteiger partial charge in [-0.3, -0.25) is 88.4 Å². The summed E-state index contributed by atoms with van der Waals surface area (Å²) in [4.78, 5) is 157. The van der Waals surface area contributed by atoms with Crippen molar-refractivity contribution in [2.24, 2.45) is 0 Å². The first-order valence-corrected chi connectivity index (χ1v) is 37.9. The van der Waals surface area contributed by atoms with Gasteiger partial charge >= 0.3 is 50.9 Å². The van der Waals surface area contributed by atoms with Crippen LogP contribution in [0.5, 0.6) is 0 Å². The molecular formula is C50H63N19O30P5+. The highest BCUT2D eigenvalue weighted by Crippen LogP contribution is 2.55. The van der Waals surface area contributed by atoms with E-state index in [4.69, 9.17) is 81.6 Å². The first-order valence-electron chi connectivity index (χ1n) is 30.8. The normalized spacial score (nSPS) is 29.0. The molecule has 562 valence electrons. The second-order valence-corrected chi connectivity index (χ2v) is 30.3. The highest BCUT2D eigenvalue weighted by molar-refractivity contribution is 7.48. The fourth-order valence-electron chi connectivity index (χ4n) is 12.1. The van der Waals surface area contributed by atoms with Crippen molar-refractivity contribution < 1.29 is 117 Å². The van der Waals surface area contributed by atoms with Crippen LogP contribution in [-0.2, 0) is 87.2 Å². The first-order chi connectivity index (χ1) is 49.2. The lowest BCUT2D eigenvalue weighted by molar-refractivity contribution is -0.0638. The number of hydrogen-bond donors (Lipinski definition) is 12. The minimum absolute atomic E-state index is 0.00700. The summed E-state index contributed by atoms with van der Waals surface area (Å²) in [6.07, 6.45) is -15.5. The van der Waals surface area contributed by atoms with Gasteiger partial charge in [-0.05, 0) is 13.8 Å². The van der Waals surface area contributed by atoms with Gasteiger partial charge in [0.1, 0.15) is 116 Å². The maximum Gasteiger partial charge on any atom is 0.694 e. The molecule has 104 heavy (non-hydrogen) atoms. The number of nitrogens with two attached hydrogens (primary N) is 3. The number of aromatic nitrogens is 16. The van der Waals surface area contributed by atoms with Crippen molar-refractivity contribution >= 4 is 90.6 Å². The van der Waals surface area contributed by atoms with Crippen LogP contribution in [0.4, 0.5) is 17.6 Å². The minimum Gasteiger partial charge on any atom is -0.390 e. The molecule has 13 heterocycles. The quantitative estimate of drug-likeness (QED) is 0.0255. The Balaban J connectivity index is 0.705. The van der Waals surface area contributed by atoms with Gasteiger partial charge in [-0.25, -0.2) is 62.7 Å². The zero-order chi connectivity index (χ0) is 74.1. The van der Waals surface area contributed by atoms with Crippen LogP contribution in [0.1, 0.15) is 74.4 Å². The third-order valence-electron chi connectivity index (χ3n) is 17.0. The Hall–Kier alpha value is -7.57. The Labute approximate surface area is 578 Å². The number of phosphoric acid groups is 4. The third kappa shape index (κ3) is 16.4. The molecule has 20 atom stereocenters. The highest BCUT2D eigenvalue weighted by Gasteiger charge is 2.50. The van der Waals surface area contributed by atoms with Crippen LogP contribution in [0, 0.1) is 13.8 Å². The van der Waals surface area contributed by atoms with Crippen molar-refractivity contribution in [3.8, 4) is 0 Å². The van der Waals surface area contributed by atoms with Gasteiger partial charge < -0.3 is 65.6 Å². The number of fused-ring (bicyclic) bond motifs is 3. The van der Waals surface area contributed by atoms with Crippen molar-refractivity contribution in [1.29, 1.82) is 0 Å². The molecule has 5 aliphatic heterocycles. The molecule has 8 aromatic rings. The van der Waals surface area contributed by atoms with Crippen molar-refractivity contribution in [3.63, 3.8) is 0 Å². The summed E-state index contributed by atoms with van der Waals surface area (Å²) < 4.78 is 153. The number of H-pyrrole nitrogens is 3. The molecule has 49 nitrogen and oxygen atoms in total. The molecule has 0 saturated carbocycles. The van der Waals surface area contributed by atoms with E-state index >= 15 is 0 Å². The van der Waals surface area contributed by atoms with Crippen LogP contribution < -0.4 is 45.3 Å². The van der Waals surface area contributed by atoms with Crippen LogP contribution >= 0.6 is 39.5 Å². The molecule has 5 unspecified atom stereocenters. The Kier molecular flexibility index (Phi) is 21.3. The molecule has 5 fully saturated rings. The van der Waals surface area contributed by atoms with E-state index in [2.05, 4.69) is 54.8 Å². The van der Waals surface area contributed by atoms with Crippen LogP contribution in [0.15, 0.2) is 68.0 Å². The van der Waals surface area contributed by atoms with Crippen LogP contribution in [0.2, 0.25) is 0 Å². The number of aliphatic hydroxyl groups is 1. The largest absolute Gasteiger partial charge is 0.694 e. The third-order valence-corrected chi connectivity index (χ3v) is 21.4. The molecule has 0 spiro atoms. The van der Waals surface area contributed by atoms with Gasteiger partial charge in [0.05, 0.1) is 51.5 Å². The maximum atomic E-state index is 14.3.